The lowest BCUT2D eigenvalue weighted by atomic mass is 10.1. The molecule has 0 aliphatic heterocycles. The van der Waals surface area contributed by atoms with E-state index in [1.807, 2.05) is 6.92 Å². The fraction of sp³-hybridized carbons (Fsp3) is 0.143. The summed E-state index contributed by atoms with van der Waals surface area (Å²) in [7, 11) is 1.49. The highest BCUT2D eigenvalue weighted by Gasteiger charge is 2.08. The van der Waals surface area contributed by atoms with E-state index in [4.69, 9.17) is 22.1 Å². The first-order valence-electron chi connectivity index (χ1n) is 5.67. The van der Waals surface area contributed by atoms with Crippen molar-refractivity contribution >= 4 is 28.7 Å². The van der Waals surface area contributed by atoms with E-state index in [9.17, 15) is 4.39 Å². The maximum Gasteiger partial charge on any atom is 0.145 e. The molecule has 2 aromatic rings. The normalized spacial score (nSPS) is 10.3. The molecule has 0 atom stereocenters. The van der Waals surface area contributed by atoms with Crippen LogP contribution < -0.4 is 15.8 Å². The molecule has 3 N–H and O–H groups in total. The van der Waals surface area contributed by atoms with Crippen LogP contribution in [0.3, 0.4) is 0 Å². The van der Waals surface area contributed by atoms with Crippen LogP contribution in [0.2, 0.25) is 5.02 Å². The summed E-state index contributed by atoms with van der Waals surface area (Å²) in [5, 5.41) is 3.62. The van der Waals surface area contributed by atoms with E-state index in [1.165, 1.54) is 19.2 Å². The van der Waals surface area contributed by atoms with Gasteiger partial charge in [-0.1, -0.05) is 11.6 Å². The van der Waals surface area contributed by atoms with Crippen molar-refractivity contribution in [1.82, 2.24) is 0 Å². The van der Waals surface area contributed by atoms with Gasteiger partial charge in [0.25, 0.3) is 0 Å². The van der Waals surface area contributed by atoms with Crippen LogP contribution >= 0.6 is 11.6 Å². The Hall–Kier alpha value is -1.94. The largest absolute Gasteiger partial charge is 0.494 e. The van der Waals surface area contributed by atoms with Gasteiger partial charge in [-0.25, -0.2) is 4.39 Å². The Morgan fingerprint density at radius 1 is 1.21 bits per heavy atom. The molecule has 2 aromatic carbocycles. The molecule has 19 heavy (non-hydrogen) atoms. The van der Waals surface area contributed by atoms with Gasteiger partial charge in [-0.3, -0.25) is 0 Å². The van der Waals surface area contributed by atoms with Gasteiger partial charge >= 0.3 is 0 Å². The molecule has 100 valence electrons. The summed E-state index contributed by atoms with van der Waals surface area (Å²) in [6.45, 7) is 1.91. The van der Waals surface area contributed by atoms with Crippen LogP contribution in [0.25, 0.3) is 0 Å². The summed E-state index contributed by atoms with van der Waals surface area (Å²) >= 11 is 5.99. The van der Waals surface area contributed by atoms with E-state index in [0.29, 0.717) is 22.1 Å². The molecule has 0 unspecified atom stereocenters. The summed E-state index contributed by atoms with van der Waals surface area (Å²) < 4.78 is 18.3. The second kappa shape index (κ2) is 5.36. The van der Waals surface area contributed by atoms with E-state index in [-0.39, 0.29) is 5.82 Å². The Balaban J connectivity index is 2.39. The van der Waals surface area contributed by atoms with E-state index >= 15 is 0 Å². The van der Waals surface area contributed by atoms with Gasteiger partial charge in [0, 0.05) is 11.8 Å². The summed E-state index contributed by atoms with van der Waals surface area (Å²) in [6.07, 6.45) is 0. The van der Waals surface area contributed by atoms with Crippen molar-refractivity contribution in [2.75, 3.05) is 18.2 Å². The number of benzene rings is 2. The van der Waals surface area contributed by atoms with Gasteiger partial charge in [-0.05, 0) is 36.8 Å². The molecule has 5 heteroatoms. The first-order valence-corrected chi connectivity index (χ1v) is 6.05. The van der Waals surface area contributed by atoms with Crippen molar-refractivity contribution < 1.29 is 9.13 Å². The Bertz CT molecular complexity index is 617. The van der Waals surface area contributed by atoms with Gasteiger partial charge in [-0.2, -0.15) is 0 Å². The van der Waals surface area contributed by atoms with Crippen molar-refractivity contribution in [3.05, 3.63) is 46.7 Å². The van der Waals surface area contributed by atoms with Crippen LogP contribution in [0, 0.1) is 12.7 Å². The minimum absolute atomic E-state index is 0.352. The predicted molar refractivity (Wildman–Crippen MR) is 76.8 cm³/mol. The summed E-state index contributed by atoms with van der Waals surface area (Å²) in [4.78, 5) is 0. The molecule has 0 saturated heterocycles. The molecule has 0 saturated carbocycles. The highest BCUT2D eigenvalue weighted by Crippen LogP contribution is 2.32. The number of hydrogen-bond acceptors (Lipinski definition) is 3. The highest BCUT2D eigenvalue weighted by molar-refractivity contribution is 6.33. The fourth-order valence-electron chi connectivity index (χ4n) is 1.75. The van der Waals surface area contributed by atoms with Crippen LogP contribution in [0.4, 0.5) is 21.5 Å². The molecular formula is C14H14ClFN2O. The van der Waals surface area contributed by atoms with E-state index in [1.54, 1.807) is 18.2 Å². The quantitative estimate of drug-likeness (QED) is 0.831. The molecule has 0 amide bonds. The predicted octanol–water partition coefficient (Wildman–Crippen LogP) is 4.12. The molecule has 0 aliphatic carbocycles. The van der Waals surface area contributed by atoms with Crippen LogP contribution in [0.15, 0.2) is 30.3 Å². The molecular weight excluding hydrogens is 267 g/mol. The molecule has 0 spiro atoms. The van der Waals surface area contributed by atoms with E-state index in [2.05, 4.69) is 5.32 Å². The smallest absolute Gasteiger partial charge is 0.145 e. The van der Waals surface area contributed by atoms with Gasteiger partial charge in [0.15, 0.2) is 0 Å². The number of nitrogen functional groups attached to an aromatic ring is 1. The van der Waals surface area contributed by atoms with Crippen LogP contribution in [0.5, 0.6) is 5.75 Å². The van der Waals surface area contributed by atoms with E-state index in [0.717, 1.165) is 11.3 Å². The van der Waals surface area contributed by atoms with Gasteiger partial charge < -0.3 is 15.8 Å². The standard InChI is InChI=1S/C14H14ClFN2O/c1-8-5-11(17)10(15)7-13(8)18-12-4-3-9(16)6-14(12)19-2/h3-7,18H,17H2,1-2H3. The van der Waals surface area contributed by atoms with Gasteiger partial charge in [0.05, 0.1) is 23.5 Å². The number of hydrogen-bond donors (Lipinski definition) is 2. The Morgan fingerprint density at radius 2 is 1.95 bits per heavy atom. The molecule has 0 aliphatic rings. The van der Waals surface area contributed by atoms with Gasteiger partial charge in [0.2, 0.25) is 0 Å². The van der Waals surface area contributed by atoms with Crippen LogP contribution in [0.1, 0.15) is 5.56 Å². The molecule has 0 heterocycles. The molecule has 3 nitrogen and oxygen atoms in total. The van der Waals surface area contributed by atoms with E-state index < -0.39 is 0 Å². The van der Waals surface area contributed by atoms with Gasteiger partial charge in [-0.15, -0.1) is 0 Å². The summed E-state index contributed by atoms with van der Waals surface area (Å²) in [5.41, 5.74) is 8.64. The average Bonchev–Trinajstić information content (AvgIpc) is 2.37. The SMILES string of the molecule is COc1cc(F)ccc1Nc1cc(Cl)c(N)cc1C. The zero-order chi connectivity index (χ0) is 14.0. The second-order valence-electron chi connectivity index (χ2n) is 4.16. The second-order valence-corrected chi connectivity index (χ2v) is 4.57. The third-order valence-corrected chi connectivity index (χ3v) is 3.10. The third kappa shape index (κ3) is 2.90. The lowest BCUT2D eigenvalue weighted by molar-refractivity contribution is 0.413. The molecule has 0 bridgehead atoms. The number of halogens is 2. The molecule has 0 fully saturated rings. The first-order chi connectivity index (χ1) is 9.01. The van der Waals surface area contributed by atoms with Crippen molar-refractivity contribution in [3.63, 3.8) is 0 Å². The topological polar surface area (TPSA) is 47.3 Å². The number of aryl methyl sites for hydroxylation is 1. The number of anilines is 3. The Labute approximate surface area is 116 Å². The lowest BCUT2D eigenvalue weighted by Crippen LogP contribution is -1.98. The number of rotatable bonds is 3. The number of nitrogens with two attached hydrogens (primary N) is 1. The average molecular weight is 281 g/mol. The monoisotopic (exact) mass is 280 g/mol. The fourth-order valence-corrected chi connectivity index (χ4v) is 1.92. The van der Waals surface area contributed by atoms with Crippen molar-refractivity contribution in [1.29, 1.82) is 0 Å². The van der Waals surface area contributed by atoms with Gasteiger partial charge in [0.1, 0.15) is 11.6 Å². The Morgan fingerprint density at radius 3 is 2.63 bits per heavy atom. The first kappa shape index (κ1) is 13.5. The minimum atomic E-state index is -0.352. The third-order valence-electron chi connectivity index (χ3n) is 2.78. The van der Waals surface area contributed by atoms with Crippen LogP contribution in [-0.4, -0.2) is 7.11 Å². The molecule has 2 rings (SSSR count). The zero-order valence-electron chi connectivity index (χ0n) is 10.6. The summed E-state index contributed by atoms with van der Waals surface area (Å²) in [5.74, 6) is 0.0711. The number of methoxy groups -OCH3 is 1. The van der Waals surface area contributed by atoms with Crippen molar-refractivity contribution in [3.8, 4) is 5.75 Å². The molecule has 0 aromatic heterocycles. The van der Waals surface area contributed by atoms with Crippen molar-refractivity contribution in [2.24, 2.45) is 0 Å². The maximum absolute atomic E-state index is 13.1. The van der Waals surface area contributed by atoms with Crippen molar-refractivity contribution in [2.45, 2.75) is 6.92 Å². The zero-order valence-corrected chi connectivity index (χ0v) is 11.4. The summed E-state index contributed by atoms with van der Waals surface area (Å²) in [6, 6.07) is 7.79. The molecule has 0 radical (unpaired) electrons. The highest BCUT2D eigenvalue weighted by atomic mass is 35.5. The van der Waals surface area contributed by atoms with Crippen LogP contribution in [-0.2, 0) is 0 Å². The maximum atomic E-state index is 13.1. The number of nitrogens with one attached hydrogen (secondary N) is 1. The Kier molecular flexibility index (Phi) is 3.81. The lowest BCUT2D eigenvalue weighted by Gasteiger charge is -2.14. The minimum Gasteiger partial charge on any atom is -0.494 e. The number of ether oxygens (including phenoxy) is 1.